The highest BCUT2D eigenvalue weighted by molar-refractivity contribution is 5.89. The first-order valence-corrected chi connectivity index (χ1v) is 16.7. The van der Waals surface area contributed by atoms with Crippen LogP contribution in [0.2, 0.25) is 0 Å². The van der Waals surface area contributed by atoms with Gasteiger partial charge in [-0.25, -0.2) is 13.6 Å². The molecule has 1 fully saturated rings. The van der Waals surface area contributed by atoms with E-state index < -0.39 is 40.3 Å². The van der Waals surface area contributed by atoms with Gasteiger partial charge in [-0.3, -0.25) is 9.48 Å². The largest absolute Gasteiger partial charge is 0.489 e. The van der Waals surface area contributed by atoms with Crippen LogP contribution in [-0.4, -0.2) is 58.0 Å². The number of aromatic nitrogens is 3. The van der Waals surface area contributed by atoms with Crippen LogP contribution < -0.4 is 10.3 Å². The Morgan fingerprint density at radius 1 is 1.06 bits per heavy atom. The van der Waals surface area contributed by atoms with E-state index in [2.05, 4.69) is 0 Å². The number of hydrogen-bond acceptors (Lipinski definition) is 7. The zero-order chi connectivity index (χ0) is 36.5. The molecule has 0 radical (unpaired) electrons. The Morgan fingerprint density at radius 3 is 2.42 bits per heavy atom. The van der Waals surface area contributed by atoms with Crippen LogP contribution in [0.25, 0.3) is 22.0 Å². The second-order valence-corrected chi connectivity index (χ2v) is 13.7. The lowest BCUT2D eigenvalue weighted by atomic mass is 9.75. The Balaban J connectivity index is 1.49. The molecule has 50 heavy (non-hydrogen) atoms. The van der Waals surface area contributed by atoms with Gasteiger partial charge < -0.3 is 28.4 Å². The molecule has 1 amide bonds. The highest BCUT2D eigenvalue weighted by atomic mass is 19.2. The summed E-state index contributed by atoms with van der Waals surface area (Å²) in [5, 5.41) is 5.08. The number of aryl methyl sites for hydroxylation is 2. The van der Waals surface area contributed by atoms with Crippen molar-refractivity contribution in [1.82, 2.24) is 19.2 Å². The molecule has 2 heterocycles. The molecule has 0 atom stereocenters. The van der Waals surface area contributed by atoms with Crippen LogP contribution in [0.3, 0.4) is 0 Å². The fraction of sp³-hybridized carbons (Fsp3) is 0.486. The summed E-state index contributed by atoms with van der Waals surface area (Å²) in [5.74, 6) is -3.60. The number of hydrogen-bond donors (Lipinski definition) is 0. The molecule has 270 valence electrons. The number of carbonyl (C=O) groups excluding carboxylic acids is 1. The molecule has 1 aliphatic rings. The number of fused-ring (bicyclic) bond motifs is 1. The monoisotopic (exact) mass is 698 g/mol. The van der Waals surface area contributed by atoms with Gasteiger partial charge in [-0.15, -0.1) is 0 Å². The van der Waals surface area contributed by atoms with Crippen LogP contribution in [0.4, 0.5) is 18.0 Å². The Labute approximate surface area is 289 Å². The molecule has 0 saturated heterocycles. The zero-order valence-electron chi connectivity index (χ0n) is 29.9. The fourth-order valence-electron chi connectivity index (χ4n) is 6.20. The third-order valence-electron chi connectivity index (χ3n) is 9.17. The van der Waals surface area contributed by atoms with Crippen LogP contribution >= 0.6 is 0 Å². The van der Waals surface area contributed by atoms with Gasteiger partial charge in [0.2, 0.25) is 5.82 Å². The molecular weight excluding hydrogens is 653 g/mol. The van der Waals surface area contributed by atoms with Gasteiger partial charge in [0.1, 0.15) is 18.0 Å². The van der Waals surface area contributed by atoms with E-state index in [1.54, 1.807) is 43.7 Å². The number of benzene rings is 2. The van der Waals surface area contributed by atoms with Crippen molar-refractivity contribution in [2.45, 2.75) is 78.0 Å². The molecule has 0 aliphatic heterocycles. The maximum absolute atomic E-state index is 15.6. The molecule has 2 aromatic carbocycles. The second-order valence-electron chi connectivity index (χ2n) is 13.7. The predicted molar refractivity (Wildman–Crippen MR) is 182 cm³/mol. The minimum atomic E-state index is -1.17. The van der Waals surface area contributed by atoms with E-state index >= 15 is 8.78 Å². The maximum Gasteiger partial charge on any atom is 0.410 e. The third kappa shape index (κ3) is 7.25. The van der Waals surface area contributed by atoms with Crippen molar-refractivity contribution in [3.63, 3.8) is 0 Å². The van der Waals surface area contributed by atoms with Crippen LogP contribution in [0.5, 0.6) is 5.75 Å². The van der Waals surface area contributed by atoms with Crippen LogP contribution in [0, 0.1) is 24.4 Å². The van der Waals surface area contributed by atoms with Crippen molar-refractivity contribution in [1.29, 1.82) is 0 Å². The quantitative estimate of drug-likeness (QED) is 0.116. The standard InChI is InChI=1S/C37H45F3N4O6/c1-9-47-21-49-37(16-10-17-37)33-24(22(2)44(8)41-33)15-18-48-32-25(12-13-28(38)31(32)40)23-11-14-29-26(19-23)27(30(39)34(45)43(29)7)20-42(6)35(46)50-36(3,4)5/h11-14,19H,9-10,15-18,20-21H2,1-8H3. The van der Waals surface area contributed by atoms with Crippen molar-refractivity contribution in [3.8, 4) is 16.9 Å². The van der Waals surface area contributed by atoms with Gasteiger partial charge in [0, 0.05) is 61.9 Å². The summed E-state index contributed by atoms with van der Waals surface area (Å²) in [5.41, 5.74) is 1.32. The summed E-state index contributed by atoms with van der Waals surface area (Å²) in [6.07, 6.45) is 2.21. The summed E-state index contributed by atoms with van der Waals surface area (Å²) >= 11 is 0. The SMILES string of the molecule is CCOCOC1(c2nn(C)c(C)c2CCOc2c(-c3ccc4c(c3)c(CN(C)C(=O)OC(C)(C)C)c(F)c(=O)n4C)ccc(F)c2F)CCC1. The first kappa shape index (κ1) is 36.9. The van der Waals surface area contributed by atoms with Crippen molar-refractivity contribution in [2.24, 2.45) is 14.1 Å². The number of ether oxygens (including phenoxy) is 4. The average Bonchev–Trinajstić information content (AvgIpc) is 3.32. The van der Waals surface area contributed by atoms with E-state index in [1.807, 2.05) is 20.9 Å². The van der Waals surface area contributed by atoms with Crippen molar-refractivity contribution in [2.75, 3.05) is 27.1 Å². The summed E-state index contributed by atoms with van der Waals surface area (Å²) in [4.78, 5) is 26.7. The highest BCUT2D eigenvalue weighted by Crippen LogP contribution is 2.46. The van der Waals surface area contributed by atoms with E-state index in [0.717, 1.165) is 46.8 Å². The number of halogens is 3. The van der Waals surface area contributed by atoms with E-state index in [-0.39, 0.29) is 36.8 Å². The first-order chi connectivity index (χ1) is 23.6. The minimum absolute atomic E-state index is 0.00289. The number of nitrogens with zero attached hydrogens (tertiary/aromatic N) is 4. The lowest BCUT2D eigenvalue weighted by Crippen LogP contribution is -2.39. The van der Waals surface area contributed by atoms with E-state index in [9.17, 15) is 14.0 Å². The summed E-state index contributed by atoms with van der Waals surface area (Å²) in [7, 11) is 4.72. The summed E-state index contributed by atoms with van der Waals surface area (Å²) in [6, 6.07) is 7.19. The van der Waals surface area contributed by atoms with Gasteiger partial charge >= 0.3 is 6.09 Å². The summed E-state index contributed by atoms with van der Waals surface area (Å²) in [6.45, 7) is 9.35. The molecule has 1 aliphatic carbocycles. The van der Waals surface area contributed by atoms with Crippen molar-refractivity contribution < 1.29 is 36.9 Å². The van der Waals surface area contributed by atoms with Gasteiger partial charge in [0.15, 0.2) is 17.4 Å². The predicted octanol–water partition coefficient (Wildman–Crippen LogP) is 7.04. The molecular formula is C37H45F3N4O6. The molecule has 2 aromatic heterocycles. The molecule has 0 N–H and O–H groups in total. The Morgan fingerprint density at radius 2 is 1.78 bits per heavy atom. The zero-order valence-corrected chi connectivity index (χ0v) is 29.9. The Kier molecular flexibility index (Phi) is 10.7. The summed E-state index contributed by atoms with van der Waals surface area (Å²) < 4.78 is 71.8. The van der Waals surface area contributed by atoms with Crippen LogP contribution in [-0.2, 0) is 46.9 Å². The van der Waals surface area contributed by atoms with E-state index in [4.69, 9.17) is 24.0 Å². The molecule has 1 saturated carbocycles. The minimum Gasteiger partial charge on any atom is -0.489 e. The van der Waals surface area contributed by atoms with Gasteiger partial charge in [-0.2, -0.15) is 9.49 Å². The average molecular weight is 699 g/mol. The number of pyridine rings is 1. The molecule has 5 rings (SSSR count). The number of amides is 1. The van der Waals surface area contributed by atoms with Gasteiger partial charge in [0.05, 0.1) is 24.4 Å². The molecule has 0 bridgehead atoms. The van der Waals surface area contributed by atoms with Gasteiger partial charge in [0.25, 0.3) is 5.56 Å². The fourth-order valence-corrected chi connectivity index (χ4v) is 6.20. The Bertz CT molecular complexity index is 1960. The number of rotatable bonds is 12. The van der Waals surface area contributed by atoms with Gasteiger partial charge in [-0.1, -0.05) is 6.07 Å². The van der Waals surface area contributed by atoms with Gasteiger partial charge in [-0.05, 0) is 83.7 Å². The molecule has 10 nitrogen and oxygen atoms in total. The van der Waals surface area contributed by atoms with Crippen LogP contribution in [0.1, 0.15) is 69.5 Å². The molecule has 0 unspecified atom stereocenters. The molecule has 13 heteroatoms. The normalized spacial score (nSPS) is 14.1. The number of carbonyl (C=O) groups is 1. The molecule has 0 spiro atoms. The maximum atomic E-state index is 15.6. The smallest absolute Gasteiger partial charge is 0.410 e. The lowest BCUT2D eigenvalue weighted by Gasteiger charge is -2.40. The van der Waals surface area contributed by atoms with Crippen molar-refractivity contribution >= 4 is 17.0 Å². The first-order valence-electron chi connectivity index (χ1n) is 16.7. The Hall–Kier alpha value is -4.36. The van der Waals surface area contributed by atoms with E-state index in [1.165, 1.54) is 25.1 Å². The topological polar surface area (TPSA) is 97.1 Å². The lowest BCUT2D eigenvalue weighted by molar-refractivity contribution is -0.180. The highest BCUT2D eigenvalue weighted by Gasteiger charge is 2.44. The van der Waals surface area contributed by atoms with Crippen LogP contribution in [0.15, 0.2) is 35.1 Å². The van der Waals surface area contributed by atoms with Crippen molar-refractivity contribution in [3.05, 3.63) is 80.7 Å². The second kappa shape index (κ2) is 14.5. The molecule has 4 aromatic rings. The van der Waals surface area contributed by atoms with E-state index in [0.29, 0.717) is 29.5 Å². The third-order valence-corrected chi connectivity index (χ3v) is 9.17.